The first-order valence-corrected chi connectivity index (χ1v) is 11.4. The number of halogens is 1. The van der Waals surface area contributed by atoms with E-state index in [2.05, 4.69) is 25.4 Å². The Morgan fingerprint density at radius 3 is 2.51 bits per heavy atom. The molecule has 176 valence electrons. The third kappa shape index (κ3) is 5.50. The maximum Gasteiger partial charge on any atom is 0.252 e. The highest BCUT2D eigenvalue weighted by Gasteiger charge is 2.16. The second kappa shape index (κ2) is 9.99. The third-order valence-electron chi connectivity index (χ3n) is 5.94. The number of nitrogens with one attached hydrogen (secondary N) is 1. The molecule has 0 aliphatic rings. The molecule has 0 saturated carbocycles. The molecule has 0 unspecified atom stereocenters. The van der Waals surface area contributed by atoms with Crippen LogP contribution in [0.25, 0.3) is 10.9 Å². The van der Waals surface area contributed by atoms with Crippen molar-refractivity contribution in [3.05, 3.63) is 123 Å². The van der Waals surface area contributed by atoms with Gasteiger partial charge in [0.05, 0.1) is 13.1 Å². The summed E-state index contributed by atoms with van der Waals surface area (Å²) in [6.07, 6.45) is 0. The van der Waals surface area contributed by atoms with Crippen LogP contribution in [0.3, 0.4) is 0 Å². The Morgan fingerprint density at radius 1 is 0.914 bits per heavy atom. The summed E-state index contributed by atoms with van der Waals surface area (Å²) < 4.78 is 15.2. The highest BCUT2D eigenvalue weighted by molar-refractivity contribution is 5.79. The molecule has 0 bridgehead atoms. The number of benzene rings is 3. The van der Waals surface area contributed by atoms with E-state index >= 15 is 0 Å². The number of hydrogen-bond acceptors (Lipinski definition) is 5. The molecule has 7 nitrogen and oxygen atoms in total. The van der Waals surface area contributed by atoms with Gasteiger partial charge in [-0.25, -0.2) is 9.07 Å². The van der Waals surface area contributed by atoms with Gasteiger partial charge in [-0.3, -0.25) is 9.69 Å². The Morgan fingerprint density at radius 2 is 1.71 bits per heavy atom. The van der Waals surface area contributed by atoms with Crippen molar-refractivity contribution in [3.63, 3.8) is 0 Å². The molecule has 3 aromatic carbocycles. The van der Waals surface area contributed by atoms with Gasteiger partial charge in [-0.05, 0) is 63.7 Å². The fourth-order valence-corrected chi connectivity index (χ4v) is 4.15. The molecule has 5 rings (SSSR count). The van der Waals surface area contributed by atoms with Crippen LogP contribution in [-0.2, 0) is 26.2 Å². The largest absolute Gasteiger partial charge is 0.322 e. The number of hydrogen-bond donors (Lipinski definition) is 1. The minimum absolute atomic E-state index is 0.129. The van der Waals surface area contributed by atoms with E-state index in [1.54, 1.807) is 16.8 Å². The van der Waals surface area contributed by atoms with Crippen molar-refractivity contribution in [2.45, 2.75) is 33.1 Å². The molecule has 0 spiro atoms. The normalized spacial score (nSPS) is 11.4. The molecule has 0 fully saturated rings. The maximum atomic E-state index is 13.5. The summed E-state index contributed by atoms with van der Waals surface area (Å²) in [5, 5.41) is 13.3. The maximum absolute atomic E-state index is 13.5. The van der Waals surface area contributed by atoms with Gasteiger partial charge in [0.25, 0.3) is 5.56 Å². The van der Waals surface area contributed by atoms with E-state index < -0.39 is 0 Å². The fraction of sp³-hybridized carbons (Fsp3) is 0.185. The lowest BCUT2D eigenvalue weighted by atomic mass is 10.1. The van der Waals surface area contributed by atoms with Gasteiger partial charge < -0.3 is 4.98 Å². The summed E-state index contributed by atoms with van der Waals surface area (Å²) in [6.45, 7) is 3.85. The standard InChI is InChI=1S/C27H25FN6O/c1-19-7-10-22-14-23(27(35)29-25(22)13-19)17-33(15-21-8-11-24(28)12-9-21)18-26-30-31-32-34(26)16-20-5-3-2-4-6-20/h2-14H,15-18H2,1H3,(H,29,35). The summed E-state index contributed by atoms with van der Waals surface area (Å²) >= 11 is 0. The Bertz CT molecular complexity index is 1490. The quantitative estimate of drug-likeness (QED) is 0.369. The second-order valence-corrected chi connectivity index (χ2v) is 8.72. The van der Waals surface area contributed by atoms with Gasteiger partial charge in [0.15, 0.2) is 5.82 Å². The van der Waals surface area contributed by atoms with Crippen LogP contribution >= 0.6 is 0 Å². The SMILES string of the molecule is Cc1ccc2cc(CN(Cc3ccc(F)cc3)Cc3nnnn3Cc3ccccc3)c(=O)[nH]c2c1. The van der Waals surface area contributed by atoms with Crippen molar-refractivity contribution in [2.75, 3.05) is 0 Å². The van der Waals surface area contributed by atoms with Crippen molar-refractivity contribution >= 4 is 10.9 Å². The zero-order chi connectivity index (χ0) is 24.2. The third-order valence-corrected chi connectivity index (χ3v) is 5.94. The molecule has 0 saturated heterocycles. The van der Waals surface area contributed by atoms with E-state index in [1.165, 1.54) is 12.1 Å². The van der Waals surface area contributed by atoms with Crippen molar-refractivity contribution in [2.24, 2.45) is 0 Å². The van der Waals surface area contributed by atoms with Gasteiger partial charge >= 0.3 is 0 Å². The molecular formula is C27H25FN6O. The lowest BCUT2D eigenvalue weighted by Crippen LogP contribution is -2.28. The van der Waals surface area contributed by atoms with Crippen LogP contribution in [-0.4, -0.2) is 30.1 Å². The number of aryl methyl sites for hydroxylation is 1. The predicted octanol–water partition coefficient (Wildman–Crippen LogP) is 4.21. The van der Waals surface area contributed by atoms with Crippen LogP contribution in [0.4, 0.5) is 4.39 Å². The van der Waals surface area contributed by atoms with Crippen LogP contribution in [0.15, 0.2) is 83.7 Å². The highest BCUT2D eigenvalue weighted by Crippen LogP contribution is 2.17. The average Bonchev–Trinajstić information content (AvgIpc) is 3.28. The van der Waals surface area contributed by atoms with Crippen LogP contribution < -0.4 is 5.56 Å². The molecule has 0 aliphatic carbocycles. The monoisotopic (exact) mass is 468 g/mol. The molecule has 1 N–H and O–H groups in total. The van der Waals surface area contributed by atoms with E-state index in [0.717, 1.165) is 27.6 Å². The highest BCUT2D eigenvalue weighted by atomic mass is 19.1. The first-order valence-electron chi connectivity index (χ1n) is 11.4. The zero-order valence-corrected chi connectivity index (χ0v) is 19.4. The van der Waals surface area contributed by atoms with Gasteiger partial charge in [0, 0.05) is 24.2 Å². The molecule has 8 heteroatoms. The predicted molar refractivity (Wildman–Crippen MR) is 132 cm³/mol. The molecule has 0 aliphatic heterocycles. The first-order chi connectivity index (χ1) is 17.0. The van der Waals surface area contributed by atoms with Crippen LogP contribution in [0.1, 0.15) is 28.1 Å². The van der Waals surface area contributed by atoms with Gasteiger partial charge in [0.1, 0.15) is 5.82 Å². The van der Waals surface area contributed by atoms with Crippen LogP contribution in [0.5, 0.6) is 0 Å². The second-order valence-electron chi connectivity index (χ2n) is 8.72. The van der Waals surface area contributed by atoms with E-state index in [-0.39, 0.29) is 11.4 Å². The number of pyridine rings is 1. The van der Waals surface area contributed by atoms with Crippen molar-refractivity contribution in [1.82, 2.24) is 30.1 Å². The molecular weight excluding hydrogens is 443 g/mol. The first kappa shape index (κ1) is 22.6. The number of rotatable bonds is 8. The number of aromatic nitrogens is 5. The Hall–Kier alpha value is -4.17. The van der Waals surface area contributed by atoms with Gasteiger partial charge in [0.2, 0.25) is 0 Å². The Balaban J connectivity index is 1.44. The average molecular weight is 469 g/mol. The Labute approximate surface area is 201 Å². The molecule has 2 aromatic heterocycles. The number of fused-ring (bicyclic) bond motifs is 1. The lowest BCUT2D eigenvalue weighted by Gasteiger charge is -2.22. The van der Waals surface area contributed by atoms with E-state index in [9.17, 15) is 9.18 Å². The van der Waals surface area contributed by atoms with Gasteiger partial charge in [-0.15, -0.1) is 5.10 Å². The van der Waals surface area contributed by atoms with Crippen LogP contribution in [0, 0.1) is 12.7 Å². The van der Waals surface area contributed by atoms with Crippen molar-refractivity contribution in [3.8, 4) is 0 Å². The minimum atomic E-state index is -0.284. The topological polar surface area (TPSA) is 79.7 Å². The van der Waals surface area contributed by atoms with Crippen molar-refractivity contribution in [1.29, 1.82) is 0 Å². The van der Waals surface area contributed by atoms with E-state index in [0.29, 0.717) is 37.6 Å². The van der Waals surface area contributed by atoms with Crippen molar-refractivity contribution < 1.29 is 4.39 Å². The Kier molecular flexibility index (Phi) is 6.45. The molecule has 0 radical (unpaired) electrons. The summed E-state index contributed by atoms with van der Waals surface area (Å²) in [6, 6.07) is 24.3. The van der Waals surface area contributed by atoms with Gasteiger partial charge in [-0.1, -0.05) is 54.6 Å². The number of tetrazole rings is 1. The fourth-order valence-electron chi connectivity index (χ4n) is 4.15. The summed E-state index contributed by atoms with van der Waals surface area (Å²) in [4.78, 5) is 18.0. The number of nitrogens with zero attached hydrogens (tertiary/aromatic N) is 5. The molecule has 2 heterocycles. The number of H-pyrrole nitrogens is 1. The summed E-state index contributed by atoms with van der Waals surface area (Å²) in [5.74, 6) is 0.400. The molecule has 35 heavy (non-hydrogen) atoms. The lowest BCUT2D eigenvalue weighted by molar-refractivity contribution is 0.236. The molecule has 0 amide bonds. The number of aromatic amines is 1. The van der Waals surface area contributed by atoms with E-state index in [1.807, 2.05) is 61.5 Å². The smallest absolute Gasteiger partial charge is 0.252 e. The molecule has 5 aromatic rings. The molecule has 0 atom stereocenters. The minimum Gasteiger partial charge on any atom is -0.322 e. The zero-order valence-electron chi connectivity index (χ0n) is 19.4. The van der Waals surface area contributed by atoms with Gasteiger partial charge in [-0.2, -0.15) is 0 Å². The summed E-state index contributed by atoms with van der Waals surface area (Å²) in [5.41, 5.74) is 4.44. The van der Waals surface area contributed by atoms with Crippen LogP contribution in [0.2, 0.25) is 0 Å². The summed E-state index contributed by atoms with van der Waals surface area (Å²) in [7, 11) is 0. The van der Waals surface area contributed by atoms with E-state index in [4.69, 9.17) is 0 Å².